The van der Waals surface area contributed by atoms with E-state index in [1.54, 1.807) is 60.7 Å². The quantitative estimate of drug-likeness (QED) is 0.264. The maximum absolute atomic E-state index is 12.5. The van der Waals surface area contributed by atoms with Crippen molar-refractivity contribution in [1.29, 1.82) is 0 Å². The summed E-state index contributed by atoms with van der Waals surface area (Å²) in [6.07, 6.45) is 1.71. The molecule has 190 valence electrons. The lowest BCUT2D eigenvalue weighted by Crippen LogP contribution is -2.20. The molecule has 0 bridgehead atoms. The van der Waals surface area contributed by atoms with Gasteiger partial charge in [0.2, 0.25) is 0 Å². The summed E-state index contributed by atoms with van der Waals surface area (Å²) < 4.78 is 11.7. The van der Waals surface area contributed by atoms with Crippen LogP contribution in [0.5, 0.6) is 11.5 Å². The Morgan fingerprint density at radius 1 is 1.11 bits per heavy atom. The van der Waals surface area contributed by atoms with Gasteiger partial charge in [0.25, 0.3) is 11.8 Å². The number of nitrogens with zero attached hydrogens (tertiary/aromatic N) is 1. The first-order valence-corrected chi connectivity index (χ1v) is 13.3. The van der Waals surface area contributed by atoms with Crippen LogP contribution in [-0.2, 0) is 9.59 Å². The van der Waals surface area contributed by atoms with E-state index in [0.29, 0.717) is 58.1 Å². The predicted molar refractivity (Wildman–Crippen MR) is 154 cm³/mol. The monoisotopic (exact) mass is 639 g/mol. The number of benzene rings is 3. The molecule has 1 aliphatic heterocycles. The Morgan fingerprint density at radius 3 is 2.57 bits per heavy atom. The molecule has 1 saturated heterocycles. The fourth-order valence-electron chi connectivity index (χ4n) is 3.14. The Bertz CT molecular complexity index is 1430. The van der Waals surface area contributed by atoms with E-state index in [1.165, 1.54) is 18.9 Å². The van der Waals surface area contributed by atoms with Crippen LogP contribution in [0.3, 0.4) is 0 Å². The molecule has 4 rings (SSSR count). The molecule has 2 N–H and O–H groups in total. The summed E-state index contributed by atoms with van der Waals surface area (Å²) in [7, 11) is 1.48. The topological polar surface area (TPSA) is 89.0 Å². The van der Waals surface area contributed by atoms with Gasteiger partial charge in [0.1, 0.15) is 0 Å². The first-order valence-electron chi connectivity index (χ1n) is 10.5. The summed E-state index contributed by atoms with van der Waals surface area (Å²) in [6, 6.07) is 15.2. The molecule has 0 aliphatic carbocycles. The van der Waals surface area contributed by atoms with E-state index in [-0.39, 0.29) is 12.5 Å². The number of aliphatic imine (C=N–C) groups is 1. The van der Waals surface area contributed by atoms with E-state index in [4.69, 9.17) is 44.3 Å². The molecule has 0 unspecified atom stereocenters. The van der Waals surface area contributed by atoms with Gasteiger partial charge in [-0.25, -0.2) is 4.99 Å². The number of amidine groups is 1. The number of hydrogen-bond donors (Lipinski definition) is 2. The highest BCUT2D eigenvalue weighted by Crippen LogP contribution is 2.38. The Kier molecular flexibility index (Phi) is 9.04. The molecule has 0 spiro atoms. The minimum Gasteiger partial charge on any atom is -0.493 e. The van der Waals surface area contributed by atoms with Gasteiger partial charge in [0, 0.05) is 10.7 Å². The maximum atomic E-state index is 12.5. The smallest absolute Gasteiger partial charge is 0.264 e. The molecular weight excluding hydrogens is 625 g/mol. The van der Waals surface area contributed by atoms with Gasteiger partial charge in [-0.3, -0.25) is 9.59 Å². The highest BCUT2D eigenvalue weighted by atomic mass is 79.9. The van der Waals surface area contributed by atoms with Gasteiger partial charge in [0.15, 0.2) is 23.3 Å². The van der Waals surface area contributed by atoms with Crippen LogP contribution in [0.15, 0.2) is 69.0 Å². The van der Waals surface area contributed by atoms with Crippen LogP contribution in [0.1, 0.15) is 5.56 Å². The average molecular weight is 642 g/mol. The molecule has 0 radical (unpaired) electrons. The summed E-state index contributed by atoms with van der Waals surface area (Å²) in [6.45, 7) is -0.279. The van der Waals surface area contributed by atoms with Crippen LogP contribution < -0.4 is 20.1 Å². The normalized spacial score (nSPS) is 15.1. The zero-order valence-electron chi connectivity index (χ0n) is 19.0. The minimum absolute atomic E-state index is 0.271. The number of hydrogen-bond acceptors (Lipinski definition) is 6. The minimum atomic E-state index is -0.398. The summed E-state index contributed by atoms with van der Waals surface area (Å²) in [5, 5.41) is 7.21. The number of carbonyl (C=O) groups is 2. The first kappa shape index (κ1) is 27.3. The number of thioether (sulfide) groups is 1. The Labute approximate surface area is 240 Å². The summed E-state index contributed by atoms with van der Waals surface area (Å²) in [4.78, 5) is 29.7. The number of anilines is 1. The number of methoxy groups -OCH3 is 1. The zero-order valence-corrected chi connectivity index (χ0v) is 23.7. The van der Waals surface area contributed by atoms with E-state index in [0.717, 1.165) is 0 Å². The molecule has 0 saturated carbocycles. The van der Waals surface area contributed by atoms with Crippen molar-refractivity contribution in [3.8, 4) is 11.5 Å². The Morgan fingerprint density at radius 2 is 1.86 bits per heavy atom. The molecule has 12 heteroatoms. The van der Waals surface area contributed by atoms with E-state index >= 15 is 0 Å². The highest BCUT2D eigenvalue weighted by molar-refractivity contribution is 9.10. The van der Waals surface area contributed by atoms with Gasteiger partial charge in [-0.05, 0) is 93.9 Å². The molecule has 3 aromatic rings. The summed E-state index contributed by atoms with van der Waals surface area (Å²) in [5.74, 6) is 0.0432. The number of carbonyl (C=O) groups excluding carboxylic acids is 2. The van der Waals surface area contributed by atoms with Gasteiger partial charge >= 0.3 is 0 Å². The lowest BCUT2D eigenvalue weighted by molar-refractivity contribution is -0.118. The third-order valence-corrected chi connectivity index (χ3v) is 7.30. The van der Waals surface area contributed by atoms with Crippen LogP contribution in [0.2, 0.25) is 15.1 Å². The van der Waals surface area contributed by atoms with Crippen LogP contribution in [0.25, 0.3) is 6.08 Å². The molecule has 1 fully saturated rings. The molecule has 1 heterocycles. The second kappa shape index (κ2) is 12.2. The van der Waals surface area contributed by atoms with E-state index in [1.807, 2.05) is 0 Å². The second-order valence-corrected chi connectivity index (χ2v) is 10.6. The maximum Gasteiger partial charge on any atom is 0.264 e. The largest absolute Gasteiger partial charge is 0.493 e. The third kappa shape index (κ3) is 7.21. The standard InChI is InChI=1S/C25H17BrCl3N3O4S/c1-35-20-9-13(10-21-24(34)32-25(37-21)31-15-4-2-14(27)3-5-15)8-17(26)23(20)36-12-22(33)30-16-6-7-18(28)19(29)11-16/h2-11H,12H2,1H3,(H,30,33)(H,31,32,34)/b21-10+. The SMILES string of the molecule is COc1cc(/C=C2/SC(=Nc3ccc(Cl)cc3)NC2=O)cc(Br)c1OCC(=O)Nc1ccc(Cl)c(Cl)c1. The van der Waals surface area contributed by atoms with Crippen molar-refractivity contribution in [2.24, 2.45) is 4.99 Å². The molecule has 0 atom stereocenters. The van der Waals surface area contributed by atoms with E-state index < -0.39 is 5.91 Å². The molecule has 3 aromatic carbocycles. The van der Waals surface area contributed by atoms with Crippen molar-refractivity contribution in [2.45, 2.75) is 0 Å². The van der Waals surface area contributed by atoms with Gasteiger partial charge in [-0.1, -0.05) is 34.8 Å². The van der Waals surface area contributed by atoms with Crippen molar-refractivity contribution < 1.29 is 19.1 Å². The van der Waals surface area contributed by atoms with Crippen molar-refractivity contribution in [1.82, 2.24) is 5.32 Å². The van der Waals surface area contributed by atoms with Crippen molar-refractivity contribution in [3.63, 3.8) is 0 Å². The molecule has 0 aromatic heterocycles. The van der Waals surface area contributed by atoms with Crippen molar-refractivity contribution in [3.05, 3.63) is 84.6 Å². The number of rotatable bonds is 7. The molecule has 2 amide bonds. The lowest BCUT2D eigenvalue weighted by atomic mass is 10.2. The molecule has 37 heavy (non-hydrogen) atoms. The second-order valence-electron chi connectivity index (χ2n) is 7.46. The van der Waals surface area contributed by atoms with E-state index in [2.05, 4.69) is 31.6 Å². The van der Waals surface area contributed by atoms with E-state index in [9.17, 15) is 9.59 Å². The highest BCUT2D eigenvalue weighted by Gasteiger charge is 2.24. The van der Waals surface area contributed by atoms with Gasteiger partial charge in [0.05, 0.1) is 32.2 Å². The van der Waals surface area contributed by atoms with Crippen LogP contribution in [-0.4, -0.2) is 30.7 Å². The van der Waals surface area contributed by atoms with Gasteiger partial charge < -0.3 is 20.1 Å². The number of halogens is 4. The fourth-order valence-corrected chi connectivity index (χ4v) is 4.98. The summed E-state index contributed by atoms with van der Waals surface area (Å²) >= 11 is 22.5. The fraction of sp³-hybridized carbons (Fsp3) is 0.0800. The predicted octanol–water partition coefficient (Wildman–Crippen LogP) is 7.33. The van der Waals surface area contributed by atoms with Gasteiger partial charge in [-0.15, -0.1) is 0 Å². The summed E-state index contributed by atoms with van der Waals surface area (Å²) in [5.41, 5.74) is 1.84. The van der Waals surface area contributed by atoms with Crippen LogP contribution >= 0.6 is 62.5 Å². The number of amides is 2. The number of ether oxygens (including phenoxy) is 2. The molecule has 7 nitrogen and oxygen atoms in total. The molecule has 1 aliphatic rings. The molecular formula is C25H17BrCl3N3O4S. The van der Waals surface area contributed by atoms with Crippen LogP contribution in [0, 0.1) is 0 Å². The Balaban J connectivity index is 1.45. The Hall–Kier alpha value is -2.69. The van der Waals surface area contributed by atoms with Crippen molar-refractivity contribution >= 4 is 96.9 Å². The van der Waals surface area contributed by atoms with Crippen LogP contribution in [0.4, 0.5) is 11.4 Å². The third-order valence-electron chi connectivity index (χ3n) is 4.81. The first-order chi connectivity index (χ1) is 17.7. The van der Waals surface area contributed by atoms with Gasteiger partial charge in [-0.2, -0.15) is 0 Å². The number of nitrogens with one attached hydrogen (secondary N) is 2. The zero-order chi connectivity index (χ0) is 26.5. The lowest BCUT2D eigenvalue weighted by Gasteiger charge is -2.14. The van der Waals surface area contributed by atoms with Crippen molar-refractivity contribution in [2.75, 3.05) is 19.0 Å². The average Bonchev–Trinajstić information content (AvgIpc) is 3.20.